The molecule has 0 atom stereocenters. The number of nitrogens with one attached hydrogen (secondary N) is 1. The number of aromatic nitrogens is 2. The van der Waals surface area contributed by atoms with Crippen LogP contribution in [0.25, 0.3) is 5.69 Å². The Hall–Kier alpha value is -2.05. The molecule has 0 spiro atoms. The molecule has 2 aromatic rings. The summed E-state index contributed by atoms with van der Waals surface area (Å²) in [6, 6.07) is 9.63. The van der Waals surface area contributed by atoms with Crippen molar-refractivity contribution in [3.63, 3.8) is 0 Å². The third kappa shape index (κ3) is 5.54. The standard InChI is InChI=1S/C17H24N4O2.ClH/c1-13(2)12-23-15-11-21(14-7-4-3-5-8-14)20-16(15)17(22)19-10-6-9-18;/h3-5,7-8,11,13H,6,9-10,12,18H2,1-2H3,(H,19,22);1H. The lowest BCUT2D eigenvalue weighted by atomic mass is 10.2. The van der Waals surface area contributed by atoms with E-state index in [4.69, 9.17) is 10.5 Å². The Bertz CT molecular complexity index is 629. The second kappa shape index (κ2) is 9.95. The topological polar surface area (TPSA) is 82.2 Å². The largest absolute Gasteiger partial charge is 0.489 e. The average Bonchev–Trinajstić information content (AvgIpc) is 2.98. The molecular formula is C17H25ClN4O2. The van der Waals surface area contributed by atoms with Gasteiger partial charge >= 0.3 is 0 Å². The molecule has 0 aliphatic carbocycles. The van der Waals surface area contributed by atoms with Crippen molar-refractivity contribution in [1.29, 1.82) is 0 Å². The van der Waals surface area contributed by atoms with E-state index in [0.29, 0.717) is 37.1 Å². The van der Waals surface area contributed by atoms with Crippen LogP contribution in [0.4, 0.5) is 0 Å². The van der Waals surface area contributed by atoms with E-state index in [-0.39, 0.29) is 18.3 Å². The number of hydrogen-bond donors (Lipinski definition) is 2. The first-order valence-corrected chi connectivity index (χ1v) is 7.88. The highest BCUT2D eigenvalue weighted by Crippen LogP contribution is 2.20. The van der Waals surface area contributed by atoms with Crippen LogP contribution in [-0.4, -0.2) is 35.4 Å². The van der Waals surface area contributed by atoms with Gasteiger partial charge < -0.3 is 15.8 Å². The van der Waals surface area contributed by atoms with Gasteiger partial charge in [-0.1, -0.05) is 32.0 Å². The molecule has 1 aromatic heterocycles. The number of nitrogens with zero attached hydrogens (tertiary/aromatic N) is 2. The van der Waals surface area contributed by atoms with Crippen molar-refractivity contribution < 1.29 is 9.53 Å². The Morgan fingerprint density at radius 1 is 1.33 bits per heavy atom. The van der Waals surface area contributed by atoms with Crippen molar-refractivity contribution in [2.45, 2.75) is 20.3 Å². The van der Waals surface area contributed by atoms with Crippen LogP contribution in [0.2, 0.25) is 0 Å². The number of para-hydroxylation sites is 1. The predicted octanol–water partition coefficient (Wildman–Crippen LogP) is 2.41. The Kier molecular flexibility index (Phi) is 8.29. The lowest BCUT2D eigenvalue weighted by Crippen LogP contribution is -2.27. The van der Waals surface area contributed by atoms with Gasteiger partial charge in [0.25, 0.3) is 5.91 Å². The van der Waals surface area contributed by atoms with E-state index in [9.17, 15) is 4.79 Å². The van der Waals surface area contributed by atoms with E-state index < -0.39 is 0 Å². The number of amides is 1. The predicted molar refractivity (Wildman–Crippen MR) is 97.1 cm³/mol. The fourth-order valence-corrected chi connectivity index (χ4v) is 1.98. The summed E-state index contributed by atoms with van der Waals surface area (Å²) in [6.45, 7) is 5.71. The van der Waals surface area contributed by atoms with Gasteiger partial charge in [0.1, 0.15) is 0 Å². The molecule has 0 aliphatic heterocycles. The summed E-state index contributed by atoms with van der Waals surface area (Å²) < 4.78 is 7.42. The number of rotatable bonds is 8. The highest BCUT2D eigenvalue weighted by atomic mass is 35.5. The molecule has 2 rings (SSSR count). The van der Waals surface area contributed by atoms with Gasteiger partial charge in [-0.15, -0.1) is 12.4 Å². The summed E-state index contributed by atoms with van der Waals surface area (Å²) >= 11 is 0. The van der Waals surface area contributed by atoms with Crippen LogP contribution in [0.3, 0.4) is 0 Å². The molecule has 132 valence electrons. The first-order chi connectivity index (χ1) is 11.1. The molecular weight excluding hydrogens is 328 g/mol. The van der Waals surface area contributed by atoms with Crippen LogP contribution in [0, 0.1) is 5.92 Å². The fraction of sp³-hybridized carbons (Fsp3) is 0.412. The van der Waals surface area contributed by atoms with Crippen LogP contribution >= 0.6 is 12.4 Å². The first-order valence-electron chi connectivity index (χ1n) is 7.88. The van der Waals surface area contributed by atoms with Crippen molar-refractivity contribution in [2.24, 2.45) is 11.7 Å². The molecule has 1 amide bonds. The molecule has 1 heterocycles. The molecule has 3 N–H and O–H groups in total. The van der Waals surface area contributed by atoms with Gasteiger partial charge in [0.2, 0.25) is 0 Å². The fourth-order valence-electron chi connectivity index (χ4n) is 1.98. The molecule has 0 bridgehead atoms. The van der Waals surface area contributed by atoms with E-state index in [1.54, 1.807) is 10.9 Å². The second-order valence-corrected chi connectivity index (χ2v) is 5.73. The molecule has 1 aromatic carbocycles. The van der Waals surface area contributed by atoms with E-state index in [0.717, 1.165) is 12.1 Å². The van der Waals surface area contributed by atoms with Crippen LogP contribution in [-0.2, 0) is 0 Å². The van der Waals surface area contributed by atoms with Crippen molar-refractivity contribution in [1.82, 2.24) is 15.1 Å². The quantitative estimate of drug-likeness (QED) is 0.715. The van der Waals surface area contributed by atoms with Gasteiger partial charge in [-0.05, 0) is 31.0 Å². The molecule has 0 saturated carbocycles. The molecule has 0 unspecified atom stereocenters. The number of nitrogens with two attached hydrogens (primary N) is 1. The summed E-state index contributed by atoms with van der Waals surface area (Å²) in [7, 11) is 0. The van der Waals surface area contributed by atoms with E-state index in [1.165, 1.54) is 0 Å². The number of carbonyl (C=O) groups is 1. The molecule has 24 heavy (non-hydrogen) atoms. The van der Waals surface area contributed by atoms with Crippen molar-refractivity contribution in [3.8, 4) is 11.4 Å². The Morgan fingerprint density at radius 3 is 2.67 bits per heavy atom. The average molecular weight is 353 g/mol. The highest BCUT2D eigenvalue weighted by molar-refractivity contribution is 5.94. The summed E-state index contributed by atoms with van der Waals surface area (Å²) in [4.78, 5) is 12.3. The van der Waals surface area contributed by atoms with Crippen LogP contribution in [0.5, 0.6) is 5.75 Å². The maximum atomic E-state index is 12.3. The van der Waals surface area contributed by atoms with Crippen molar-refractivity contribution in [3.05, 3.63) is 42.2 Å². The summed E-state index contributed by atoms with van der Waals surface area (Å²) in [5, 5.41) is 7.20. The highest BCUT2D eigenvalue weighted by Gasteiger charge is 2.19. The molecule has 0 aliphatic rings. The molecule has 7 heteroatoms. The Morgan fingerprint density at radius 2 is 2.04 bits per heavy atom. The SMILES string of the molecule is CC(C)COc1cn(-c2ccccc2)nc1C(=O)NCCCN.Cl. The monoisotopic (exact) mass is 352 g/mol. The van der Waals surface area contributed by atoms with Gasteiger partial charge in [-0.25, -0.2) is 4.68 Å². The van der Waals surface area contributed by atoms with Crippen LogP contribution in [0.1, 0.15) is 30.8 Å². The number of benzene rings is 1. The van der Waals surface area contributed by atoms with E-state index in [1.807, 2.05) is 30.3 Å². The molecule has 0 saturated heterocycles. The molecule has 0 fully saturated rings. The van der Waals surface area contributed by atoms with Gasteiger partial charge in [-0.2, -0.15) is 5.10 Å². The van der Waals surface area contributed by atoms with Gasteiger partial charge in [0.15, 0.2) is 11.4 Å². The zero-order valence-corrected chi connectivity index (χ0v) is 14.9. The zero-order chi connectivity index (χ0) is 16.7. The van der Waals surface area contributed by atoms with Crippen molar-refractivity contribution >= 4 is 18.3 Å². The van der Waals surface area contributed by atoms with Gasteiger partial charge in [-0.3, -0.25) is 4.79 Å². The minimum absolute atomic E-state index is 0. The summed E-state index contributed by atoms with van der Waals surface area (Å²) in [5.74, 6) is 0.614. The van der Waals surface area contributed by atoms with Crippen molar-refractivity contribution in [2.75, 3.05) is 19.7 Å². The first kappa shape index (κ1) is 20.0. The van der Waals surface area contributed by atoms with Gasteiger partial charge in [0, 0.05) is 6.54 Å². The second-order valence-electron chi connectivity index (χ2n) is 5.73. The normalized spacial score (nSPS) is 10.3. The number of hydrogen-bond acceptors (Lipinski definition) is 4. The Labute approximate surface area is 148 Å². The molecule has 6 nitrogen and oxygen atoms in total. The Balaban J connectivity index is 0.00000288. The maximum absolute atomic E-state index is 12.3. The zero-order valence-electron chi connectivity index (χ0n) is 14.1. The third-order valence-corrected chi connectivity index (χ3v) is 3.16. The lowest BCUT2D eigenvalue weighted by Gasteiger charge is -2.08. The summed E-state index contributed by atoms with van der Waals surface area (Å²) in [5.41, 5.74) is 6.62. The lowest BCUT2D eigenvalue weighted by molar-refractivity contribution is 0.0943. The van der Waals surface area contributed by atoms with Gasteiger partial charge in [0.05, 0.1) is 18.5 Å². The minimum Gasteiger partial charge on any atom is -0.489 e. The smallest absolute Gasteiger partial charge is 0.275 e. The third-order valence-electron chi connectivity index (χ3n) is 3.16. The van der Waals surface area contributed by atoms with Crippen LogP contribution < -0.4 is 15.8 Å². The number of ether oxygens (including phenoxy) is 1. The maximum Gasteiger partial charge on any atom is 0.275 e. The summed E-state index contributed by atoms with van der Waals surface area (Å²) in [6.07, 6.45) is 2.48. The van der Waals surface area contributed by atoms with E-state index >= 15 is 0 Å². The number of carbonyl (C=O) groups excluding carboxylic acids is 1. The minimum atomic E-state index is -0.244. The number of halogens is 1. The molecule has 0 radical (unpaired) electrons. The van der Waals surface area contributed by atoms with E-state index in [2.05, 4.69) is 24.3 Å². The van der Waals surface area contributed by atoms with Crippen LogP contribution in [0.15, 0.2) is 36.5 Å².